The standard InChI is InChI=1S/C32H22FN3O6S/c33-27-11-10-22(15-20(27)16-34)43(41,42)36-13-12-18-8-9-19(14-21(18)17-36)29(32(39)40)35-31(38)26-7-3-6-25-28(26)23-4-1-2-5-24(23)30(25)37/h1-11,14-15,29H,12-13,17H2,(H,35,38)(H,39,40). The van der Waals surface area contributed by atoms with Gasteiger partial charge in [-0.3, -0.25) is 9.59 Å². The molecule has 0 bridgehead atoms. The second-order valence-corrected chi connectivity index (χ2v) is 12.2. The molecule has 2 N–H and O–H groups in total. The third kappa shape index (κ3) is 4.76. The van der Waals surface area contributed by atoms with Crippen molar-refractivity contribution >= 4 is 27.7 Å². The number of carboxylic acid groups (broad SMARTS) is 1. The Balaban J connectivity index is 1.29. The van der Waals surface area contributed by atoms with Crippen LogP contribution in [0.25, 0.3) is 11.1 Å². The molecule has 4 aromatic rings. The summed E-state index contributed by atoms with van der Waals surface area (Å²) in [6.45, 7) is 0.0441. The van der Waals surface area contributed by atoms with Gasteiger partial charge in [0.15, 0.2) is 11.8 Å². The topological polar surface area (TPSA) is 145 Å². The number of nitrogens with one attached hydrogen (secondary N) is 1. The van der Waals surface area contributed by atoms with Crippen LogP contribution >= 0.6 is 0 Å². The maximum absolute atomic E-state index is 13.8. The van der Waals surface area contributed by atoms with Crippen molar-refractivity contribution in [2.75, 3.05) is 6.54 Å². The molecule has 0 fully saturated rings. The van der Waals surface area contributed by atoms with Crippen LogP contribution in [0, 0.1) is 17.1 Å². The van der Waals surface area contributed by atoms with E-state index >= 15 is 0 Å². The van der Waals surface area contributed by atoms with Crippen LogP contribution in [-0.4, -0.2) is 42.0 Å². The van der Waals surface area contributed by atoms with E-state index in [0.717, 1.165) is 23.8 Å². The van der Waals surface area contributed by atoms with Crippen molar-refractivity contribution in [1.82, 2.24) is 9.62 Å². The first-order valence-corrected chi connectivity index (χ1v) is 14.7. The van der Waals surface area contributed by atoms with E-state index in [0.29, 0.717) is 34.2 Å². The number of benzene rings is 4. The number of amides is 1. The average molecular weight is 596 g/mol. The molecule has 1 atom stereocenters. The van der Waals surface area contributed by atoms with E-state index in [1.165, 1.54) is 10.4 Å². The van der Waals surface area contributed by atoms with Gasteiger partial charge in [0.25, 0.3) is 5.91 Å². The zero-order chi connectivity index (χ0) is 30.5. The van der Waals surface area contributed by atoms with Crippen LogP contribution in [0.1, 0.15) is 54.6 Å². The van der Waals surface area contributed by atoms with Crippen molar-refractivity contribution in [3.8, 4) is 17.2 Å². The minimum atomic E-state index is -4.09. The van der Waals surface area contributed by atoms with Gasteiger partial charge in [-0.15, -0.1) is 0 Å². The van der Waals surface area contributed by atoms with Gasteiger partial charge in [-0.1, -0.05) is 54.6 Å². The van der Waals surface area contributed by atoms with Crippen LogP contribution < -0.4 is 5.32 Å². The van der Waals surface area contributed by atoms with Crippen LogP contribution in [0.4, 0.5) is 4.39 Å². The largest absolute Gasteiger partial charge is 0.479 e. The molecule has 214 valence electrons. The van der Waals surface area contributed by atoms with E-state index in [-0.39, 0.29) is 34.9 Å². The second kappa shape index (κ2) is 10.6. The molecule has 1 unspecified atom stereocenters. The molecule has 0 spiro atoms. The summed E-state index contributed by atoms with van der Waals surface area (Å²) in [5, 5.41) is 21.8. The summed E-state index contributed by atoms with van der Waals surface area (Å²) in [7, 11) is -4.09. The summed E-state index contributed by atoms with van der Waals surface area (Å²) in [5.41, 5.74) is 3.23. The van der Waals surface area contributed by atoms with Crippen molar-refractivity contribution in [1.29, 1.82) is 5.26 Å². The normalized spacial score (nSPS) is 14.7. The highest BCUT2D eigenvalue weighted by Gasteiger charge is 2.33. The Kier molecular flexibility index (Phi) is 6.88. The number of carbonyl (C=O) groups is 3. The fourth-order valence-corrected chi connectivity index (χ4v) is 7.04. The zero-order valence-electron chi connectivity index (χ0n) is 22.4. The lowest BCUT2D eigenvalue weighted by Gasteiger charge is -2.29. The molecule has 1 aliphatic carbocycles. The van der Waals surface area contributed by atoms with Crippen molar-refractivity contribution in [3.63, 3.8) is 0 Å². The molecule has 0 saturated heterocycles. The number of aliphatic carboxylic acids is 1. The van der Waals surface area contributed by atoms with Crippen LogP contribution in [0.2, 0.25) is 0 Å². The lowest BCUT2D eigenvalue weighted by Crippen LogP contribution is -2.37. The first-order chi connectivity index (χ1) is 20.6. The Morgan fingerprint density at radius 3 is 2.44 bits per heavy atom. The van der Waals surface area contributed by atoms with Crippen LogP contribution in [-0.2, 0) is 27.8 Å². The smallest absolute Gasteiger partial charge is 0.330 e. The van der Waals surface area contributed by atoms with E-state index in [1.807, 2.05) is 0 Å². The SMILES string of the molecule is N#Cc1cc(S(=O)(=O)N2CCc3ccc(C(NC(=O)c4cccc5c4-c4ccccc4C5=O)C(=O)O)cc3C2)ccc1F. The number of carbonyl (C=O) groups excluding carboxylic acids is 2. The van der Waals surface area contributed by atoms with E-state index in [9.17, 15) is 32.3 Å². The lowest BCUT2D eigenvalue weighted by atomic mass is 9.95. The minimum Gasteiger partial charge on any atom is -0.479 e. The highest BCUT2D eigenvalue weighted by molar-refractivity contribution is 7.89. The molecule has 11 heteroatoms. The third-order valence-electron chi connectivity index (χ3n) is 7.75. The molecule has 0 saturated carbocycles. The maximum atomic E-state index is 13.8. The van der Waals surface area contributed by atoms with E-state index in [4.69, 9.17) is 5.26 Å². The van der Waals surface area contributed by atoms with Gasteiger partial charge >= 0.3 is 5.97 Å². The zero-order valence-corrected chi connectivity index (χ0v) is 23.2. The summed E-state index contributed by atoms with van der Waals surface area (Å²) in [6, 6.07) is 19.6. The molecule has 0 radical (unpaired) electrons. The average Bonchev–Trinajstić information content (AvgIpc) is 3.31. The van der Waals surface area contributed by atoms with Gasteiger partial charge in [0, 0.05) is 35.3 Å². The number of ketones is 1. The van der Waals surface area contributed by atoms with Crippen molar-refractivity contribution in [3.05, 3.63) is 124 Å². The van der Waals surface area contributed by atoms with Crippen molar-refractivity contribution in [2.24, 2.45) is 0 Å². The summed E-state index contributed by atoms with van der Waals surface area (Å²) in [4.78, 5) is 38.5. The quantitative estimate of drug-likeness (QED) is 0.299. The van der Waals surface area contributed by atoms with Crippen molar-refractivity contribution < 1.29 is 32.3 Å². The highest BCUT2D eigenvalue weighted by atomic mass is 32.2. The molecule has 6 rings (SSSR count). The number of halogens is 1. The van der Waals surface area contributed by atoms with Crippen molar-refractivity contribution in [2.45, 2.75) is 23.9 Å². The number of nitriles is 1. The number of rotatable bonds is 6. The predicted molar refractivity (Wildman–Crippen MR) is 152 cm³/mol. The number of nitrogens with zero attached hydrogens (tertiary/aromatic N) is 2. The second-order valence-electron chi connectivity index (χ2n) is 10.2. The molecule has 1 amide bonds. The monoisotopic (exact) mass is 595 g/mol. The lowest BCUT2D eigenvalue weighted by molar-refractivity contribution is -0.139. The van der Waals surface area contributed by atoms with Gasteiger partial charge in [0.05, 0.1) is 10.5 Å². The number of sulfonamides is 1. The van der Waals surface area contributed by atoms with Crippen LogP contribution in [0.15, 0.2) is 83.8 Å². The van der Waals surface area contributed by atoms with Gasteiger partial charge < -0.3 is 10.4 Å². The summed E-state index contributed by atoms with van der Waals surface area (Å²) in [5.74, 6) is -3.05. The van der Waals surface area contributed by atoms with Crippen LogP contribution in [0.3, 0.4) is 0 Å². The van der Waals surface area contributed by atoms with Gasteiger partial charge in [-0.05, 0) is 52.9 Å². The fourth-order valence-electron chi connectivity index (χ4n) is 5.60. The molecule has 43 heavy (non-hydrogen) atoms. The Morgan fingerprint density at radius 2 is 1.70 bits per heavy atom. The Morgan fingerprint density at radius 1 is 0.953 bits per heavy atom. The molecular formula is C32H22FN3O6S. The fraction of sp³-hybridized carbons (Fsp3) is 0.125. The van der Waals surface area contributed by atoms with Gasteiger partial charge in [-0.25, -0.2) is 17.6 Å². The Bertz CT molecular complexity index is 2020. The summed E-state index contributed by atoms with van der Waals surface area (Å²) in [6.07, 6.45) is 0.342. The number of hydrogen-bond acceptors (Lipinski definition) is 6. The van der Waals surface area contributed by atoms with Crippen LogP contribution in [0.5, 0.6) is 0 Å². The molecule has 1 heterocycles. The van der Waals surface area contributed by atoms with Gasteiger partial charge in [0.2, 0.25) is 10.0 Å². The Labute approximate surface area is 245 Å². The van der Waals surface area contributed by atoms with E-state index in [2.05, 4.69) is 5.32 Å². The molecule has 9 nitrogen and oxygen atoms in total. The van der Waals surface area contributed by atoms with E-state index < -0.39 is 39.3 Å². The Hall–Kier alpha value is -5.18. The molecule has 1 aliphatic heterocycles. The van der Waals surface area contributed by atoms with Gasteiger partial charge in [-0.2, -0.15) is 9.57 Å². The minimum absolute atomic E-state index is 0.0872. The first-order valence-electron chi connectivity index (χ1n) is 13.2. The number of hydrogen-bond donors (Lipinski definition) is 2. The summed E-state index contributed by atoms with van der Waals surface area (Å²) < 4.78 is 41.6. The number of fused-ring (bicyclic) bond motifs is 4. The highest BCUT2D eigenvalue weighted by Crippen LogP contribution is 2.39. The molecule has 0 aromatic heterocycles. The molecule has 4 aromatic carbocycles. The van der Waals surface area contributed by atoms with E-state index in [1.54, 1.807) is 60.7 Å². The third-order valence-corrected chi connectivity index (χ3v) is 9.60. The molecular weight excluding hydrogens is 573 g/mol. The molecule has 2 aliphatic rings. The maximum Gasteiger partial charge on any atom is 0.330 e. The number of carboxylic acids is 1. The summed E-state index contributed by atoms with van der Waals surface area (Å²) >= 11 is 0. The van der Waals surface area contributed by atoms with Gasteiger partial charge in [0.1, 0.15) is 11.9 Å². The predicted octanol–water partition coefficient (Wildman–Crippen LogP) is 4.21. The first kappa shape index (κ1) is 28.0.